The number of benzene rings is 1. The summed E-state index contributed by atoms with van der Waals surface area (Å²) in [5.41, 5.74) is 2.63. The molecule has 0 atom stereocenters. The molecule has 0 spiro atoms. The predicted molar refractivity (Wildman–Crippen MR) is 109 cm³/mol. The van der Waals surface area contributed by atoms with Crippen LogP contribution in [-0.4, -0.2) is 39.7 Å². The van der Waals surface area contributed by atoms with Crippen molar-refractivity contribution in [2.24, 2.45) is 5.41 Å². The van der Waals surface area contributed by atoms with Gasteiger partial charge in [-0.25, -0.2) is 10.0 Å². The van der Waals surface area contributed by atoms with E-state index in [1.807, 2.05) is 37.3 Å². The molecular weight excluding hydrogens is 358 g/mol. The molecule has 3 aliphatic rings. The van der Waals surface area contributed by atoms with Gasteiger partial charge in [-0.2, -0.15) is 0 Å². The van der Waals surface area contributed by atoms with Crippen LogP contribution in [0.3, 0.4) is 0 Å². The van der Waals surface area contributed by atoms with Crippen LogP contribution in [0.2, 0.25) is 0 Å². The second kappa shape index (κ2) is 7.19. The molecule has 1 aromatic heterocycles. The summed E-state index contributed by atoms with van der Waals surface area (Å²) in [5.74, 6) is 3.94. The molecule has 0 radical (unpaired) electrons. The third-order valence-electron chi connectivity index (χ3n) is 6.26. The molecule has 0 amide bonds. The fourth-order valence-electron chi connectivity index (χ4n) is 4.40. The van der Waals surface area contributed by atoms with E-state index in [1.54, 1.807) is 6.20 Å². The third-order valence-corrected chi connectivity index (χ3v) is 10.3. The van der Waals surface area contributed by atoms with Gasteiger partial charge >= 0.3 is 5.97 Å². The van der Waals surface area contributed by atoms with Gasteiger partial charge in [0.05, 0.1) is 11.1 Å². The highest BCUT2D eigenvalue weighted by atomic mass is 32.3. The molecule has 4 heterocycles. The van der Waals surface area contributed by atoms with Gasteiger partial charge in [0.2, 0.25) is 0 Å². The molecule has 3 saturated heterocycles. The Labute approximate surface area is 162 Å². The van der Waals surface area contributed by atoms with Crippen LogP contribution in [0.25, 0.3) is 0 Å². The highest BCUT2D eigenvalue weighted by Gasteiger charge is 2.51. The van der Waals surface area contributed by atoms with Gasteiger partial charge < -0.3 is 9.72 Å². The maximum Gasteiger partial charge on any atom is 0.312 e. The number of aryl methyl sites for hydroxylation is 1. The Kier molecular flexibility index (Phi) is 4.89. The second-order valence-electron chi connectivity index (χ2n) is 8.08. The molecule has 2 bridgehead atoms. The minimum atomic E-state index is -0.917. The molecule has 2 aromatic rings. The zero-order valence-corrected chi connectivity index (χ0v) is 16.6. The molecular formula is C22H27NO3S. The van der Waals surface area contributed by atoms with E-state index in [0.717, 1.165) is 47.8 Å². The third kappa shape index (κ3) is 3.70. The Hall–Kier alpha value is -2.01. The van der Waals surface area contributed by atoms with Gasteiger partial charge in [-0.1, -0.05) is 29.8 Å². The molecule has 3 fully saturated rings. The summed E-state index contributed by atoms with van der Waals surface area (Å²) in [7, 11) is -0.917. The van der Waals surface area contributed by atoms with E-state index in [9.17, 15) is 9.59 Å². The number of ketones is 1. The highest BCUT2D eigenvalue weighted by molar-refractivity contribution is 8.34. The number of esters is 1. The van der Waals surface area contributed by atoms with Crippen LogP contribution in [0.15, 0.2) is 42.6 Å². The van der Waals surface area contributed by atoms with E-state index in [0.29, 0.717) is 12.4 Å². The normalized spacial score (nSPS) is 29.1. The molecule has 4 nitrogen and oxygen atoms in total. The zero-order valence-electron chi connectivity index (χ0n) is 15.8. The predicted octanol–water partition coefficient (Wildman–Crippen LogP) is 4.24. The minimum Gasteiger partial charge on any atom is -0.460 e. The highest BCUT2D eigenvalue weighted by Crippen LogP contribution is 2.63. The number of aromatic nitrogens is 1. The van der Waals surface area contributed by atoms with Crippen LogP contribution < -0.4 is 0 Å². The van der Waals surface area contributed by atoms with Gasteiger partial charge in [0, 0.05) is 11.9 Å². The number of ether oxygens (including phenoxy) is 1. The van der Waals surface area contributed by atoms with Crippen LogP contribution in [0.5, 0.6) is 0 Å². The molecule has 0 unspecified atom stereocenters. The van der Waals surface area contributed by atoms with Crippen molar-refractivity contribution in [1.29, 1.82) is 0 Å². The first-order valence-electron chi connectivity index (χ1n) is 9.64. The van der Waals surface area contributed by atoms with Crippen LogP contribution in [0.1, 0.15) is 40.9 Å². The van der Waals surface area contributed by atoms with Crippen molar-refractivity contribution in [2.45, 2.75) is 32.8 Å². The molecule has 3 aliphatic heterocycles. The van der Waals surface area contributed by atoms with Crippen LogP contribution in [0, 0.1) is 12.3 Å². The van der Waals surface area contributed by atoms with Crippen LogP contribution in [0.4, 0.5) is 0 Å². The number of Topliss-reactive ketones (excluding diaryl/α,β-unsaturated/α-hetero) is 1. The maximum absolute atomic E-state index is 12.9. The van der Waals surface area contributed by atoms with Crippen molar-refractivity contribution in [1.82, 2.24) is 4.98 Å². The SMILES string of the molecule is Cc1cccc(COC(=O)C23CCS(CC(=O)c4ccc[nH]4)(CC2)CC3)c1. The molecule has 144 valence electrons. The number of nitrogens with one attached hydrogen (secondary N) is 1. The molecule has 0 saturated carbocycles. The monoisotopic (exact) mass is 385 g/mol. The Bertz CT molecular complexity index is 818. The first-order chi connectivity index (χ1) is 13.0. The summed E-state index contributed by atoms with van der Waals surface area (Å²) in [6, 6.07) is 11.8. The first kappa shape index (κ1) is 18.4. The number of H-pyrrole nitrogens is 1. The largest absolute Gasteiger partial charge is 0.460 e. The van der Waals surface area contributed by atoms with E-state index in [2.05, 4.69) is 11.1 Å². The minimum absolute atomic E-state index is 0.0348. The summed E-state index contributed by atoms with van der Waals surface area (Å²) in [6.07, 6.45) is 4.45. The molecule has 5 heteroatoms. The van der Waals surface area contributed by atoms with Gasteiger partial charge in [0.1, 0.15) is 6.61 Å². The summed E-state index contributed by atoms with van der Waals surface area (Å²) in [4.78, 5) is 28.4. The van der Waals surface area contributed by atoms with E-state index in [1.165, 1.54) is 5.56 Å². The fraction of sp³-hybridized carbons (Fsp3) is 0.455. The van der Waals surface area contributed by atoms with Crippen molar-refractivity contribution in [2.75, 3.05) is 23.0 Å². The van der Waals surface area contributed by atoms with Gasteiger partial charge in [0.15, 0.2) is 5.78 Å². The average Bonchev–Trinajstić information content (AvgIpc) is 3.22. The fourth-order valence-corrected chi connectivity index (χ4v) is 8.63. The number of aromatic amines is 1. The van der Waals surface area contributed by atoms with Gasteiger partial charge in [0.25, 0.3) is 0 Å². The van der Waals surface area contributed by atoms with E-state index >= 15 is 0 Å². The number of fused-ring (bicyclic) bond motifs is 3. The Morgan fingerprint density at radius 3 is 2.48 bits per heavy atom. The number of hydrogen-bond acceptors (Lipinski definition) is 3. The average molecular weight is 386 g/mol. The maximum atomic E-state index is 12.9. The van der Waals surface area contributed by atoms with E-state index in [4.69, 9.17) is 4.74 Å². The summed E-state index contributed by atoms with van der Waals surface area (Å²) >= 11 is 0. The topological polar surface area (TPSA) is 59.2 Å². The summed E-state index contributed by atoms with van der Waals surface area (Å²) < 4.78 is 5.71. The van der Waals surface area contributed by atoms with Crippen LogP contribution in [-0.2, 0) is 16.1 Å². The molecule has 5 rings (SSSR count). The standard InChI is InChI=1S/C22H27NO3S/c1-17-4-2-5-18(14-17)15-26-21(25)22-7-11-27(12-8-22,13-9-22)16-20(24)19-6-3-10-23-19/h2-6,10,14,23H,7-9,11-13,15-16H2,1H3. The Balaban J connectivity index is 1.36. The smallest absolute Gasteiger partial charge is 0.312 e. The molecule has 0 aliphatic carbocycles. The van der Waals surface area contributed by atoms with E-state index < -0.39 is 10.0 Å². The first-order valence-corrected chi connectivity index (χ1v) is 11.9. The Morgan fingerprint density at radius 1 is 1.11 bits per heavy atom. The summed E-state index contributed by atoms with van der Waals surface area (Å²) in [6.45, 7) is 2.40. The van der Waals surface area contributed by atoms with Crippen molar-refractivity contribution in [3.05, 3.63) is 59.4 Å². The number of rotatable bonds is 6. The van der Waals surface area contributed by atoms with Gasteiger partial charge in [-0.15, -0.1) is 0 Å². The van der Waals surface area contributed by atoms with E-state index in [-0.39, 0.29) is 17.2 Å². The van der Waals surface area contributed by atoms with Crippen LogP contribution >= 0.6 is 10.0 Å². The number of hydrogen-bond donors (Lipinski definition) is 1. The van der Waals surface area contributed by atoms with Crippen molar-refractivity contribution >= 4 is 21.8 Å². The molecule has 1 aromatic carbocycles. The van der Waals surface area contributed by atoms with Crippen molar-refractivity contribution in [3.8, 4) is 0 Å². The second-order valence-corrected chi connectivity index (χ2v) is 12.0. The Morgan fingerprint density at radius 2 is 1.85 bits per heavy atom. The van der Waals surface area contributed by atoms with Gasteiger partial charge in [-0.05, 0) is 61.1 Å². The zero-order chi connectivity index (χ0) is 18.9. The van der Waals surface area contributed by atoms with Gasteiger partial charge in [-0.3, -0.25) is 9.59 Å². The molecule has 1 N–H and O–H groups in total. The molecule has 27 heavy (non-hydrogen) atoms. The lowest BCUT2D eigenvalue weighted by molar-refractivity contribution is -0.158. The lowest BCUT2D eigenvalue weighted by Gasteiger charge is -2.55. The number of carbonyl (C=O) groups excluding carboxylic acids is 2. The lowest BCUT2D eigenvalue weighted by atomic mass is 9.79. The van der Waals surface area contributed by atoms with Crippen molar-refractivity contribution < 1.29 is 14.3 Å². The quantitative estimate of drug-likeness (QED) is 0.598. The summed E-state index contributed by atoms with van der Waals surface area (Å²) in [5, 5.41) is 0. The van der Waals surface area contributed by atoms with Crippen molar-refractivity contribution in [3.63, 3.8) is 0 Å². The number of carbonyl (C=O) groups is 2. The lowest BCUT2D eigenvalue weighted by Crippen LogP contribution is -2.47.